The number of allylic oxidation sites excluding steroid dienone is 4. The molecule has 2 heterocycles. The van der Waals surface area contributed by atoms with E-state index in [2.05, 4.69) is 4.99 Å². The van der Waals surface area contributed by atoms with Crippen LogP contribution in [0, 0.1) is 10.1 Å². The molecule has 1 aliphatic carbocycles. The summed E-state index contributed by atoms with van der Waals surface area (Å²) in [5.74, 6) is -1.50. The van der Waals surface area contributed by atoms with Crippen molar-refractivity contribution in [3.8, 4) is 0 Å². The summed E-state index contributed by atoms with van der Waals surface area (Å²) in [6, 6.07) is 3.33. The summed E-state index contributed by atoms with van der Waals surface area (Å²) in [5, 5.41) is 11.0. The van der Waals surface area contributed by atoms with Crippen molar-refractivity contribution in [2.45, 2.75) is 30.7 Å². The number of hydrogen-bond acceptors (Lipinski definition) is 4. The normalized spacial score (nSPS) is 22.8. The summed E-state index contributed by atoms with van der Waals surface area (Å²) < 4.78 is 82.1. The van der Waals surface area contributed by atoms with Gasteiger partial charge in [0.05, 0.1) is 34.6 Å². The average Bonchev–Trinajstić information content (AvgIpc) is 3.16. The van der Waals surface area contributed by atoms with E-state index in [4.69, 9.17) is 0 Å². The highest BCUT2D eigenvalue weighted by atomic mass is 19.4. The molecule has 0 fully saturated rings. The van der Waals surface area contributed by atoms with Gasteiger partial charge in [0.25, 0.3) is 5.69 Å². The Labute approximate surface area is 177 Å². The van der Waals surface area contributed by atoms with E-state index >= 15 is 0 Å². The Bertz CT molecular complexity index is 1120. The Hall–Kier alpha value is -3.37. The lowest BCUT2D eigenvalue weighted by atomic mass is 9.75. The fourth-order valence-corrected chi connectivity index (χ4v) is 4.27. The van der Waals surface area contributed by atoms with Gasteiger partial charge in [0, 0.05) is 42.2 Å². The highest BCUT2D eigenvalue weighted by molar-refractivity contribution is 5.85. The van der Waals surface area contributed by atoms with Crippen LogP contribution < -0.4 is 0 Å². The van der Waals surface area contributed by atoms with Gasteiger partial charge in [0.1, 0.15) is 0 Å². The number of hydrogen-bond donors (Lipinski definition) is 0. The third kappa shape index (κ3) is 3.71. The second-order valence-corrected chi connectivity index (χ2v) is 7.56. The van der Waals surface area contributed by atoms with Crippen LogP contribution in [0.4, 0.5) is 32.0 Å². The zero-order valence-electron chi connectivity index (χ0n) is 16.4. The second kappa shape index (κ2) is 7.35. The van der Waals surface area contributed by atoms with Crippen molar-refractivity contribution < 1.29 is 31.3 Å². The lowest BCUT2D eigenvalue weighted by Gasteiger charge is -2.42. The van der Waals surface area contributed by atoms with Crippen LogP contribution in [-0.2, 0) is 0 Å². The fraction of sp³-hybridized carbons (Fsp3) is 0.286. The van der Waals surface area contributed by atoms with Gasteiger partial charge in [-0.05, 0) is 11.6 Å². The second-order valence-electron chi connectivity index (χ2n) is 7.56. The molecule has 2 aliphatic heterocycles. The summed E-state index contributed by atoms with van der Waals surface area (Å²) >= 11 is 0. The minimum absolute atomic E-state index is 0.0448. The Morgan fingerprint density at radius 1 is 1.12 bits per heavy atom. The lowest BCUT2D eigenvalue weighted by molar-refractivity contribution is -0.384. The van der Waals surface area contributed by atoms with Crippen LogP contribution in [0.1, 0.15) is 17.9 Å². The number of nitro benzene ring substituents is 1. The van der Waals surface area contributed by atoms with Crippen LogP contribution in [0.2, 0.25) is 0 Å². The van der Waals surface area contributed by atoms with Crippen LogP contribution in [0.5, 0.6) is 0 Å². The van der Waals surface area contributed by atoms with E-state index in [1.54, 1.807) is 0 Å². The number of non-ortho nitro benzene ring substituents is 1. The van der Waals surface area contributed by atoms with Crippen molar-refractivity contribution in [2.75, 3.05) is 7.05 Å². The SMILES string of the molecule is CN1C2=C(C=CC1CC(F)(F)F)C1=CC=NC1=C(C(F)(F)F)C2c1ccc([N+](=O)[O-])cc1. The lowest BCUT2D eigenvalue weighted by Crippen LogP contribution is -2.41. The van der Waals surface area contributed by atoms with Gasteiger partial charge >= 0.3 is 12.4 Å². The first kappa shape index (κ1) is 21.8. The summed E-state index contributed by atoms with van der Waals surface area (Å²) in [5.41, 5.74) is -0.995. The predicted molar refractivity (Wildman–Crippen MR) is 104 cm³/mol. The summed E-state index contributed by atoms with van der Waals surface area (Å²) in [7, 11) is 1.32. The maximum atomic E-state index is 14.3. The van der Waals surface area contributed by atoms with Crippen molar-refractivity contribution in [1.29, 1.82) is 0 Å². The molecule has 3 aliphatic rings. The third-order valence-corrected chi connectivity index (χ3v) is 5.63. The van der Waals surface area contributed by atoms with E-state index in [9.17, 15) is 36.5 Å². The maximum absolute atomic E-state index is 14.3. The molecule has 5 nitrogen and oxygen atoms in total. The smallest absolute Gasteiger partial charge is 0.370 e. The van der Waals surface area contributed by atoms with E-state index in [-0.39, 0.29) is 28.2 Å². The largest absolute Gasteiger partial charge is 0.415 e. The minimum Gasteiger partial charge on any atom is -0.370 e. The third-order valence-electron chi connectivity index (χ3n) is 5.63. The standard InChI is InChI=1S/C21H15F6N3O2/c1-29-13(10-20(22,23)24)6-7-15-14-8-9-28-18(14)17(21(25,26)27)16(19(15)29)11-2-4-12(5-3-11)30(31)32/h2-9,13,16H,10H2,1H3. The van der Waals surface area contributed by atoms with Gasteiger partial charge < -0.3 is 4.90 Å². The quantitative estimate of drug-likeness (QED) is 0.339. The number of alkyl halides is 6. The first-order valence-electron chi connectivity index (χ1n) is 9.41. The van der Waals surface area contributed by atoms with Gasteiger partial charge in [0.2, 0.25) is 0 Å². The first-order valence-corrected chi connectivity index (χ1v) is 9.41. The highest BCUT2D eigenvalue weighted by Gasteiger charge is 2.50. The van der Waals surface area contributed by atoms with Crippen LogP contribution >= 0.6 is 0 Å². The summed E-state index contributed by atoms with van der Waals surface area (Å²) in [4.78, 5) is 15.4. The van der Waals surface area contributed by atoms with Gasteiger partial charge in [-0.25, -0.2) is 0 Å². The van der Waals surface area contributed by atoms with Crippen LogP contribution in [0.25, 0.3) is 0 Å². The van der Waals surface area contributed by atoms with Crippen molar-refractivity contribution >= 4 is 11.9 Å². The number of aliphatic imine (C=N–C) groups is 1. The fourth-order valence-electron chi connectivity index (χ4n) is 4.27. The molecule has 0 spiro atoms. The van der Waals surface area contributed by atoms with Gasteiger partial charge in [-0.1, -0.05) is 24.3 Å². The van der Waals surface area contributed by atoms with Crippen LogP contribution in [0.15, 0.2) is 75.6 Å². The molecular weight excluding hydrogens is 440 g/mol. The molecule has 0 N–H and O–H groups in total. The number of rotatable bonds is 3. The number of nitrogens with zero attached hydrogens (tertiary/aromatic N) is 3. The molecule has 2 atom stereocenters. The summed E-state index contributed by atoms with van der Waals surface area (Å²) in [6.45, 7) is 0. The van der Waals surface area contributed by atoms with Crippen molar-refractivity contribution in [1.82, 2.24) is 4.90 Å². The van der Waals surface area contributed by atoms with E-state index in [1.807, 2.05) is 0 Å². The monoisotopic (exact) mass is 455 g/mol. The Kier molecular flexibility index (Phi) is 5.02. The minimum atomic E-state index is -4.84. The molecule has 11 heteroatoms. The van der Waals surface area contributed by atoms with Crippen molar-refractivity contribution in [3.63, 3.8) is 0 Å². The zero-order valence-corrected chi connectivity index (χ0v) is 16.4. The Balaban J connectivity index is 1.91. The molecule has 4 rings (SSSR count). The molecule has 0 amide bonds. The van der Waals surface area contributed by atoms with Gasteiger partial charge in [0.15, 0.2) is 0 Å². The van der Waals surface area contributed by atoms with Crippen LogP contribution in [-0.4, -0.2) is 41.5 Å². The Morgan fingerprint density at radius 3 is 2.34 bits per heavy atom. The van der Waals surface area contributed by atoms with E-state index in [0.29, 0.717) is 5.57 Å². The maximum Gasteiger partial charge on any atom is 0.415 e. The number of likely N-dealkylation sites (N-methyl/N-ethyl adjacent to an activating group) is 1. The van der Waals surface area contributed by atoms with E-state index in [1.165, 1.54) is 48.5 Å². The van der Waals surface area contributed by atoms with Gasteiger partial charge in [-0.2, -0.15) is 26.3 Å². The molecule has 2 unspecified atom stereocenters. The molecule has 0 aromatic heterocycles. The molecule has 0 radical (unpaired) electrons. The molecule has 0 saturated carbocycles. The first-order chi connectivity index (χ1) is 14.9. The summed E-state index contributed by atoms with van der Waals surface area (Å²) in [6.07, 6.45) is -5.28. The molecule has 32 heavy (non-hydrogen) atoms. The van der Waals surface area contributed by atoms with Gasteiger partial charge in [-0.15, -0.1) is 0 Å². The van der Waals surface area contributed by atoms with Crippen molar-refractivity contribution in [3.05, 3.63) is 86.3 Å². The average molecular weight is 455 g/mol. The zero-order chi connectivity index (χ0) is 23.4. The molecular formula is C21H15F6N3O2. The number of fused-ring (bicyclic) bond motifs is 2. The molecule has 1 aromatic rings. The predicted octanol–water partition coefficient (Wildman–Crippen LogP) is 5.60. The molecule has 0 saturated heterocycles. The number of nitro groups is 1. The van der Waals surface area contributed by atoms with Crippen molar-refractivity contribution in [2.24, 2.45) is 4.99 Å². The van der Waals surface area contributed by atoms with E-state index in [0.717, 1.165) is 12.1 Å². The highest BCUT2D eigenvalue weighted by Crippen LogP contribution is 2.53. The molecule has 0 bridgehead atoms. The molecule has 168 valence electrons. The Morgan fingerprint density at radius 2 is 1.78 bits per heavy atom. The topological polar surface area (TPSA) is 58.7 Å². The van der Waals surface area contributed by atoms with Gasteiger partial charge in [-0.3, -0.25) is 15.1 Å². The number of benzene rings is 1. The number of halogens is 6. The van der Waals surface area contributed by atoms with Crippen LogP contribution in [0.3, 0.4) is 0 Å². The van der Waals surface area contributed by atoms with E-state index < -0.39 is 41.2 Å². The molecule has 1 aromatic carbocycles.